The number of carbonyl (C=O) groups excluding carboxylic acids is 1. The van der Waals surface area contributed by atoms with Crippen LogP contribution in [0.2, 0.25) is 0 Å². The Balaban J connectivity index is 1.59. The van der Waals surface area contributed by atoms with E-state index in [9.17, 15) is 19.1 Å². The van der Waals surface area contributed by atoms with E-state index in [1.807, 2.05) is 53.4 Å². The van der Waals surface area contributed by atoms with Crippen LogP contribution < -0.4 is 5.32 Å². The number of imidazole rings is 1. The average Bonchev–Trinajstić information content (AvgIpc) is 3.47. The van der Waals surface area contributed by atoms with Crippen molar-refractivity contribution < 1.29 is 23.8 Å². The molecule has 0 aliphatic heterocycles. The van der Waals surface area contributed by atoms with Crippen LogP contribution in [0.5, 0.6) is 0 Å². The lowest BCUT2D eigenvalue weighted by atomic mass is 9.96. The lowest BCUT2D eigenvalue weighted by Gasteiger charge is -2.20. The number of halogens is 1. The largest absolute Gasteiger partial charge is 0.480 e. The van der Waals surface area contributed by atoms with Gasteiger partial charge in [0.15, 0.2) is 0 Å². The van der Waals surface area contributed by atoms with Gasteiger partial charge in [0, 0.05) is 18.0 Å². The molecule has 7 nitrogen and oxygen atoms in total. The summed E-state index contributed by atoms with van der Waals surface area (Å²) in [5.41, 5.74) is 3.55. The minimum Gasteiger partial charge on any atom is -0.480 e. The van der Waals surface area contributed by atoms with Crippen LogP contribution in [0, 0.1) is 5.82 Å². The average molecular weight is 548 g/mol. The van der Waals surface area contributed by atoms with Gasteiger partial charge in [-0.1, -0.05) is 48.5 Å². The van der Waals surface area contributed by atoms with E-state index in [1.54, 1.807) is 36.8 Å². The summed E-state index contributed by atoms with van der Waals surface area (Å²) in [6.45, 7) is 0.730. The molecular weight excluding hydrogens is 517 g/mol. The first-order valence-corrected chi connectivity index (χ1v) is 13.9. The SMILES string of the molecule is CSCC[C@H](NC(=O)c1ccc(COC(Cn2ccnc2)c2ccc(F)cc2)cc1-c1ccccc1)C(=O)O. The Morgan fingerprint density at radius 1 is 1.10 bits per heavy atom. The van der Waals surface area contributed by atoms with Crippen LogP contribution in [0.15, 0.2) is 91.5 Å². The summed E-state index contributed by atoms with van der Waals surface area (Å²) in [5.74, 6) is -1.21. The van der Waals surface area contributed by atoms with Gasteiger partial charge in [0.05, 0.1) is 19.5 Å². The van der Waals surface area contributed by atoms with Crippen LogP contribution in [-0.2, 0) is 22.7 Å². The van der Waals surface area contributed by atoms with Gasteiger partial charge < -0.3 is 19.7 Å². The van der Waals surface area contributed by atoms with Gasteiger partial charge in [-0.15, -0.1) is 0 Å². The van der Waals surface area contributed by atoms with Gasteiger partial charge in [-0.05, 0) is 64.9 Å². The standard InChI is InChI=1S/C30H30FN3O4S/c1-39-16-13-27(30(36)37)33-29(35)25-12-7-21(17-26(25)22-5-3-2-4-6-22)19-38-28(18-34-15-14-32-20-34)23-8-10-24(31)11-9-23/h2-12,14-15,17,20,27-28H,13,16,18-19H2,1H3,(H,33,35)(H,36,37)/t27-,28?/m0/s1. The minimum atomic E-state index is -1.06. The number of hydrogen-bond donors (Lipinski definition) is 2. The second kappa shape index (κ2) is 13.7. The molecule has 0 fully saturated rings. The second-order valence-corrected chi connectivity index (χ2v) is 9.99. The number of nitrogens with one attached hydrogen (secondary N) is 1. The first-order valence-electron chi connectivity index (χ1n) is 12.5. The molecule has 2 N–H and O–H groups in total. The van der Waals surface area contributed by atoms with Gasteiger partial charge in [-0.25, -0.2) is 14.2 Å². The van der Waals surface area contributed by atoms with Gasteiger partial charge in [-0.3, -0.25) is 4.79 Å². The Labute approximate surface area is 231 Å². The van der Waals surface area contributed by atoms with Gasteiger partial charge in [0.25, 0.3) is 5.91 Å². The number of thioether (sulfide) groups is 1. The van der Waals surface area contributed by atoms with E-state index in [-0.39, 0.29) is 18.5 Å². The van der Waals surface area contributed by atoms with Crippen LogP contribution in [0.3, 0.4) is 0 Å². The quantitative estimate of drug-likeness (QED) is 0.227. The van der Waals surface area contributed by atoms with Crippen molar-refractivity contribution in [1.82, 2.24) is 14.9 Å². The molecule has 1 aromatic heterocycles. The number of benzene rings is 3. The number of aliphatic carboxylic acids is 1. The first kappa shape index (κ1) is 28.1. The van der Waals surface area contributed by atoms with Crippen molar-refractivity contribution in [2.24, 2.45) is 0 Å². The number of ether oxygens (including phenoxy) is 1. The first-order chi connectivity index (χ1) is 18.9. The molecule has 1 amide bonds. The normalized spacial score (nSPS) is 12.6. The Bertz CT molecular complexity index is 1360. The Kier molecular flexibility index (Phi) is 9.88. The monoisotopic (exact) mass is 547 g/mol. The van der Waals surface area contributed by atoms with Crippen molar-refractivity contribution in [2.75, 3.05) is 12.0 Å². The van der Waals surface area contributed by atoms with Crippen molar-refractivity contribution in [3.05, 3.63) is 114 Å². The fourth-order valence-corrected chi connectivity index (χ4v) is 4.65. The number of hydrogen-bond acceptors (Lipinski definition) is 5. The summed E-state index contributed by atoms with van der Waals surface area (Å²) >= 11 is 1.53. The van der Waals surface area contributed by atoms with Crippen molar-refractivity contribution in [3.63, 3.8) is 0 Å². The highest BCUT2D eigenvalue weighted by molar-refractivity contribution is 7.98. The van der Waals surface area contributed by atoms with Crippen molar-refractivity contribution in [2.45, 2.75) is 31.7 Å². The molecule has 9 heteroatoms. The zero-order chi connectivity index (χ0) is 27.6. The van der Waals surface area contributed by atoms with E-state index in [0.29, 0.717) is 29.8 Å². The van der Waals surface area contributed by atoms with Crippen molar-refractivity contribution >= 4 is 23.6 Å². The predicted octanol–water partition coefficient (Wildman–Crippen LogP) is 5.58. The molecule has 0 saturated heterocycles. The molecule has 0 spiro atoms. The minimum absolute atomic E-state index is 0.240. The van der Waals surface area contributed by atoms with Crippen molar-refractivity contribution in [1.29, 1.82) is 0 Å². The van der Waals surface area contributed by atoms with Crippen LogP contribution in [0.1, 0.15) is 34.0 Å². The number of carbonyl (C=O) groups is 2. The molecule has 0 saturated carbocycles. The molecule has 0 bridgehead atoms. The van der Waals surface area contributed by atoms with Gasteiger partial charge in [-0.2, -0.15) is 11.8 Å². The lowest BCUT2D eigenvalue weighted by Crippen LogP contribution is -2.41. The highest BCUT2D eigenvalue weighted by Gasteiger charge is 2.22. The van der Waals surface area contributed by atoms with Crippen LogP contribution in [-0.4, -0.2) is 44.6 Å². The zero-order valence-corrected chi connectivity index (χ0v) is 22.3. The van der Waals surface area contributed by atoms with Crippen LogP contribution in [0.4, 0.5) is 4.39 Å². The highest BCUT2D eigenvalue weighted by Crippen LogP contribution is 2.28. The molecular formula is C30H30FN3O4S. The van der Waals surface area contributed by atoms with Gasteiger partial charge >= 0.3 is 5.97 Å². The maximum atomic E-state index is 13.5. The number of amides is 1. The topological polar surface area (TPSA) is 93.5 Å². The summed E-state index contributed by atoms with van der Waals surface area (Å²) in [4.78, 5) is 29.0. The molecule has 0 radical (unpaired) electrons. The second-order valence-electron chi connectivity index (χ2n) is 9.00. The van der Waals surface area contributed by atoms with Gasteiger partial charge in [0.1, 0.15) is 18.0 Å². The maximum absolute atomic E-state index is 13.5. The highest BCUT2D eigenvalue weighted by atomic mass is 32.2. The molecule has 2 atom stereocenters. The van der Waals surface area contributed by atoms with E-state index in [2.05, 4.69) is 10.3 Å². The summed E-state index contributed by atoms with van der Waals surface area (Å²) in [6.07, 6.45) is 7.08. The third-order valence-electron chi connectivity index (χ3n) is 6.26. The molecule has 3 aromatic carbocycles. The molecule has 4 rings (SSSR count). The molecule has 0 aliphatic rings. The lowest BCUT2D eigenvalue weighted by molar-refractivity contribution is -0.139. The molecule has 39 heavy (non-hydrogen) atoms. The summed E-state index contributed by atoms with van der Waals surface area (Å²) in [5, 5.41) is 12.3. The molecule has 0 aliphatic carbocycles. The fourth-order valence-electron chi connectivity index (χ4n) is 4.18. The van der Waals surface area contributed by atoms with E-state index in [0.717, 1.165) is 16.7 Å². The molecule has 202 valence electrons. The number of rotatable bonds is 13. The number of carboxylic acids is 1. The molecule has 4 aromatic rings. The van der Waals surface area contributed by atoms with E-state index in [4.69, 9.17) is 4.74 Å². The third-order valence-corrected chi connectivity index (χ3v) is 6.90. The number of aromatic nitrogens is 2. The molecule has 1 unspecified atom stereocenters. The summed E-state index contributed by atoms with van der Waals surface area (Å²) in [6, 6.07) is 20.1. The van der Waals surface area contributed by atoms with Crippen LogP contribution in [0.25, 0.3) is 11.1 Å². The van der Waals surface area contributed by atoms with E-state index in [1.165, 1.54) is 23.9 Å². The predicted molar refractivity (Wildman–Crippen MR) is 150 cm³/mol. The maximum Gasteiger partial charge on any atom is 0.326 e. The fraction of sp³-hybridized carbons (Fsp3) is 0.233. The Morgan fingerprint density at radius 2 is 1.87 bits per heavy atom. The van der Waals surface area contributed by atoms with Crippen molar-refractivity contribution in [3.8, 4) is 11.1 Å². The van der Waals surface area contributed by atoms with E-state index >= 15 is 0 Å². The summed E-state index contributed by atoms with van der Waals surface area (Å²) < 4.78 is 21.8. The Morgan fingerprint density at radius 3 is 2.54 bits per heavy atom. The third kappa shape index (κ3) is 7.78. The van der Waals surface area contributed by atoms with E-state index < -0.39 is 17.9 Å². The molecule has 1 heterocycles. The number of nitrogens with zero attached hydrogens (tertiary/aromatic N) is 2. The van der Waals surface area contributed by atoms with Crippen LogP contribution >= 0.6 is 11.8 Å². The Hall–Kier alpha value is -3.95. The number of carboxylic acid groups (broad SMARTS) is 1. The zero-order valence-electron chi connectivity index (χ0n) is 21.5. The smallest absolute Gasteiger partial charge is 0.326 e. The van der Waals surface area contributed by atoms with Gasteiger partial charge in [0.2, 0.25) is 0 Å². The summed E-state index contributed by atoms with van der Waals surface area (Å²) in [7, 11) is 0.